The van der Waals surface area contributed by atoms with Gasteiger partial charge in [-0.05, 0) is 62.4 Å². The Morgan fingerprint density at radius 2 is 1.43 bits per heavy atom. The summed E-state index contributed by atoms with van der Waals surface area (Å²) in [6.07, 6.45) is 0. The largest absolute Gasteiger partial charge is 0.494 e. The number of fused-ring (bicyclic) bond motifs is 2. The SMILES string of the molecule is CCO/C(=C1/C(=O)N(C(C)=O)c2cc(C(=O)OC)ccc21)c1ccccc1.[2H]C([2H])([2H])N1CCN(C([2H])([2H])C(=O)N(c2ccc(N=C(c3ccccc3)c3c(O)[nH]c4cc(C(=O)OC)ccc34)cc2)C([2H])([2H])[2H])CC1. The van der Waals surface area contributed by atoms with Crippen LogP contribution in [-0.4, -0.2) is 123 Å². The number of aromatic hydroxyl groups is 1. The number of aromatic amines is 1. The molecule has 0 aliphatic carbocycles. The molecule has 8 rings (SSSR count). The molecule has 0 bridgehead atoms. The molecule has 2 aliphatic rings. The number of anilines is 2. The number of aromatic nitrogens is 1. The molecular formula is C52H52N6O9. The van der Waals surface area contributed by atoms with Gasteiger partial charge in [0.15, 0.2) is 5.88 Å². The van der Waals surface area contributed by atoms with Gasteiger partial charge in [0, 0.05) is 81.6 Å². The van der Waals surface area contributed by atoms with Gasteiger partial charge in [-0.15, -0.1) is 0 Å². The van der Waals surface area contributed by atoms with Gasteiger partial charge in [-0.3, -0.25) is 19.3 Å². The number of carbonyl (C=O) groups is 5. The Hall–Kier alpha value is -7.88. The van der Waals surface area contributed by atoms with E-state index < -0.39 is 50.1 Å². The normalized spacial score (nSPS) is 17.1. The molecule has 5 aromatic carbocycles. The highest BCUT2D eigenvalue weighted by Gasteiger charge is 2.39. The molecule has 3 amide bonds. The average Bonchev–Trinajstić information content (AvgIpc) is 3.88. The predicted octanol–water partition coefficient (Wildman–Crippen LogP) is 7.31. The van der Waals surface area contributed by atoms with Crippen LogP contribution in [-0.2, 0) is 28.6 Å². The summed E-state index contributed by atoms with van der Waals surface area (Å²) in [5.41, 5.74) is 4.49. The van der Waals surface area contributed by atoms with Gasteiger partial charge in [0.2, 0.25) is 11.8 Å². The summed E-state index contributed by atoms with van der Waals surface area (Å²) in [5.74, 6) is -3.13. The zero-order chi connectivity index (χ0) is 54.6. The molecule has 3 heterocycles. The number of likely N-dealkylation sites (N-methyl/N-ethyl adjacent to an activating group) is 2. The van der Waals surface area contributed by atoms with E-state index in [0.717, 1.165) is 15.4 Å². The van der Waals surface area contributed by atoms with E-state index >= 15 is 0 Å². The molecule has 0 spiro atoms. The van der Waals surface area contributed by atoms with Crippen molar-refractivity contribution < 1.29 is 54.3 Å². The third-order valence-electron chi connectivity index (χ3n) is 10.8. The smallest absolute Gasteiger partial charge is 0.337 e. The lowest BCUT2D eigenvalue weighted by atomic mass is 10.00. The van der Waals surface area contributed by atoms with Gasteiger partial charge in [0.25, 0.3) is 5.91 Å². The van der Waals surface area contributed by atoms with Crippen LogP contribution in [0.25, 0.3) is 22.2 Å². The number of nitrogens with zero attached hydrogens (tertiary/aromatic N) is 5. The van der Waals surface area contributed by atoms with Gasteiger partial charge >= 0.3 is 11.9 Å². The van der Waals surface area contributed by atoms with Crippen molar-refractivity contribution in [3.63, 3.8) is 0 Å². The molecular weight excluding hydrogens is 853 g/mol. The Labute approximate surface area is 399 Å². The Kier molecular flexibility index (Phi) is 11.7. The minimum Gasteiger partial charge on any atom is -0.494 e. The van der Waals surface area contributed by atoms with Crippen LogP contribution in [0.5, 0.6) is 5.88 Å². The lowest BCUT2D eigenvalue weighted by Crippen LogP contribution is -2.48. The zero-order valence-electron chi connectivity index (χ0n) is 45.0. The Morgan fingerprint density at radius 3 is 2.03 bits per heavy atom. The van der Waals surface area contributed by atoms with E-state index in [1.165, 1.54) is 56.4 Å². The number of nitrogens with one attached hydrogen (secondary N) is 1. The minimum atomic E-state index is -3.05. The summed E-state index contributed by atoms with van der Waals surface area (Å²) in [6.45, 7) is -4.89. The summed E-state index contributed by atoms with van der Waals surface area (Å²) in [5, 5.41) is 11.6. The second kappa shape index (κ2) is 21.0. The lowest BCUT2D eigenvalue weighted by Gasteiger charge is -2.32. The fraction of sp³-hybridized carbons (Fsp3) is 0.231. The molecule has 0 unspecified atom stereocenters. The van der Waals surface area contributed by atoms with Crippen molar-refractivity contribution in [2.75, 3.05) is 77.3 Å². The maximum Gasteiger partial charge on any atom is 0.337 e. The molecule has 2 N–H and O–H groups in total. The third kappa shape index (κ3) is 10.3. The van der Waals surface area contributed by atoms with E-state index in [4.69, 9.17) is 30.2 Å². The van der Waals surface area contributed by atoms with Crippen molar-refractivity contribution in [2.45, 2.75) is 13.8 Å². The van der Waals surface area contributed by atoms with E-state index in [-0.39, 0.29) is 48.9 Å². The van der Waals surface area contributed by atoms with Gasteiger partial charge in [0.05, 0.1) is 69.4 Å². The first-order valence-corrected chi connectivity index (χ1v) is 21.0. The maximum absolute atomic E-state index is 13.6. The molecule has 15 nitrogen and oxygen atoms in total. The van der Waals surface area contributed by atoms with Crippen molar-refractivity contribution in [2.24, 2.45) is 4.99 Å². The summed E-state index contributed by atoms with van der Waals surface area (Å²) in [7, 11) is 2.54. The number of ether oxygens (including phenoxy) is 3. The number of amides is 3. The van der Waals surface area contributed by atoms with E-state index in [1.54, 1.807) is 54.6 Å². The highest BCUT2D eigenvalue weighted by molar-refractivity contribution is 6.43. The molecule has 6 aromatic rings. The second-order valence-corrected chi connectivity index (χ2v) is 15.1. The molecule has 1 saturated heterocycles. The van der Waals surface area contributed by atoms with Crippen molar-refractivity contribution >= 4 is 74.7 Å². The first kappa shape index (κ1) is 37.4. The standard InChI is InChI=1S/C31H33N5O4.C21H19NO5/c1-34-15-17-36(18-16-34)20-27(37)35(2)24-12-10-23(11-13-24)32-29(21-7-5-4-6-8-21)28-25-14-9-22(31(39)40-3)19-26(25)33-30(28)38;1-4-27-19(14-8-6-5-7-9-14)18-16-11-10-15(21(25)26-3)12-17(16)22(13(2)23)20(18)24/h4-14,19,33,38H,15-18,20H2,1-3H3;5-12H,4H2,1-3H3/b;19-18+/i1D3,2D3,20D2;. The van der Waals surface area contributed by atoms with E-state index in [1.807, 2.05) is 43.3 Å². The number of carbonyl (C=O) groups excluding carboxylic acids is 5. The molecule has 15 heteroatoms. The second-order valence-electron chi connectivity index (χ2n) is 15.1. The van der Waals surface area contributed by atoms with Crippen LogP contribution in [0.15, 0.2) is 126 Å². The topological polar surface area (TPSA) is 174 Å². The number of methoxy groups -OCH3 is 2. The monoisotopic (exact) mass is 912 g/mol. The Bertz CT molecular complexity index is 3190. The van der Waals surface area contributed by atoms with Gasteiger partial charge in [-0.1, -0.05) is 72.8 Å². The van der Waals surface area contributed by atoms with Crippen molar-refractivity contribution in [1.82, 2.24) is 14.8 Å². The van der Waals surface area contributed by atoms with E-state index in [2.05, 4.69) is 4.98 Å². The number of piperazine rings is 1. The number of imide groups is 1. The molecule has 0 radical (unpaired) electrons. The van der Waals surface area contributed by atoms with Crippen LogP contribution < -0.4 is 9.80 Å². The van der Waals surface area contributed by atoms with Crippen LogP contribution in [0.4, 0.5) is 17.1 Å². The number of H-pyrrole nitrogens is 1. The number of benzene rings is 5. The molecule has 1 fully saturated rings. The fourth-order valence-electron chi connectivity index (χ4n) is 7.53. The Balaban J connectivity index is 0.000000256. The fourth-order valence-corrected chi connectivity index (χ4v) is 7.53. The van der Waals surface area contributed by atoms with Crippen LogP contribution in [0.2, 0.25) is 0 Å². The predicted molar refractivity (Wildman–Crippen MR) is 258 cm³/mol. The number of esters is 2. The first-order valence-electron chi connectivity index (χ1n) is 25.0. The molecule has 0 saturated carbocycles. The number of hydrogen-bond donors (Lipinski definition) is 2. The average molecular weight is 913 g/mol. The summed E-state index contributed by atoms with van der Waals surface area (Å²) in [4.78, 5) is 74.2. The van der Waals surface area contributed by atoms with Crippen molar-refractivity contribution in [3.05, 3.63) is 155 Å². The van der Waals surface area contributed by atoms with Gasteiger partial charge in [-0.2, -0.15) is 0 Å². The van der Waals surface area contributed by atoms with Gasteiger partial charge < -0.3 is 34.1 Å². The van der Waals surface area contributed by atoms with Crippen molar-refractivity contribution in [3.8, 4) is 5.88 Å². The van der Waals surface area contributed by atoms with Gasteiger partial charge in [-0.25, -0.2) is 19.5 Å². The quantitative estimate of drug-likeness (QED) is 0.0578. The Morgan fingerprint density at radius 1 is 0.806 bits per heavy atom. The highest BCUT2D eigenvalue weighted by atomic mass is 16.5. The summed E-state index contributed by atoms with van der Waals surface area (Å²) in [6, 6.07) is 33.3. The third-order valence-corrected chi connectivity index (χ3v) is 10.8. The van der Waals surface area contributed by atoms with Gasteiger partial charge in [0.1, 0.15) is 5.76 Å². The highest BCUT2D eigenvalue weighted by Crippen LogP contribution is 2.42. The summed E-state index contributed by atoms with van der Waals surface area (Å²) < 4.78 is 79.4. The van der Waals surface area contributed by atoms with E-state index in [9.17, 15) is 29.1 Å². The first-order chi connectivity index (χ1) is 35.5. The maximum atomic E-state index is 13.6. The minimum absolute atomic E-state index is 0.0219. The van der Waals surface area contributed by atoms with Crippen LogP contribution in [0, 0.1) is 0 Å². The van der Waals surface area contributed by atoms with Crippen LogP contribution >= 0.6 is 0 Å². The molecule has 67 heavy (non-hydrogen) atoms. The number of hydrogen-bond acceptors (Lipinski definition) is 12. The van der Waals surface area contributed by atoms with E-state index in [0.29, 0.717) is 67.5 Å². The number of rotatable bonds is 11. The molecule has 0 atom stereocenters. The zero-order valence-corrected chi connectivity index (χ0v) is 37.0. The molecule has 1 aromatic heterocycles. The van der Waals surface area contributed by atoms with Crippen molar-refractivity contribution in [1.29, 1.82) is 0 Å². The summed E-state index contributed by atoms with van der Waals surface area (Å²) >= 11 is 0. The van der Waals surface area contributed by atoms with Crippen LogP contribution in [0.1, 0.15) is 67.8 Å². The number of aliphatic imine (C=N–C) groups is 1. The molecule has 2 aliphatic heterocycles. The van der Waals surface area contributed by atoms with Crippen LogP contribution in [0.3, 0.4) is 0 Å². The molecule has 344 valence electrons. The lowest BCUT2D eigenvalue weighted by molar-refractivity contribution is -0.122.